The fourth-order valence-electron chi connectivity index (χ4n) is 4.30. The van der Waals surface area contributed by atoms with Gasteiger partial charge in [0.25, 0.3) is 0 Å². The third kappa shape index (κ3) is 5.31. The van der Waals surface area contributed by atoms with E-state index in [9.17, 15) is 4.79 Å². The molecule has 158 valence electrons. The van der Waals surface area contributed by atoms with E-state index in [0.717, 1.165) is 54.4 Å². The van der Waals surface area contributed by atoms with E-state index in [2.05, 4.69) is 54.0 Å². The lowest BCUT2D eigenvalue weighted by Gasteiger charge is -2.22. The molecule has 0 unspecified atom stereocenters. The van der Waals surface area contributed by atoms with Crippen LogP contribution in [0.3, 0.4) is 0 Å². The number of carbonyl (C=O) groups is 1. The Morgan fingerprint density at radius 1 is 1.10 bits per heavy atom. The van der Waals surface area contributed by atoms with E-state index in [-0.39, 0.29) is 5.91 Å². The monoisotopic (exact) mass is 404 g/mol. The standard InChI is InChI=1S/C26H32N2O2/c1-19-4-6-21(7-5-19)22-8-9-25-24(17-22)18-23(12-16-30-25)26(29)28-13-2-3-20-10-14-27-15-11-20/h4-9,17-18,20,27H,2-3,10-16H2,1H3,(H,28,29). The highest BCUT2D eigenvalue weighted by Gasteiger charge is 2.17. The lowest BCUT2D eigenvalue weighted by atomic mass is 9.93. The number of piperidine rings is 1. The second-order valence-corrected chi connectivity index (χ2v) is 8.48. The van der Waals surface area contributed by atoms with Gasteiger partial charge in [0, 0.05) is 24.1 Å². The molecular weight excluding hydrogens is 372 g/mol. The molecule has 2 heterocycles. The first-order valence-electron chi connectivity index (χ1n) is 11.2. The third-order valence-corrected chi connectivity index (χ3v) is 6.18. The first kappa shape index (κ1) is 20.7. The highest BCUT2D eigenvalue weighted by atomic mass is 16.5. The summed E-state index contributed by atoms with van der Waals surface area (Å²) in [5, 5.41) is 6.53. The molecule has 1 saturated heterocycles. The van der Waals surface area contributed by atoms with Gasteiger partial charge in [0.15, 0.2) is 0 Å². The van der Waals surface area contributed by atoms with Crippen LogP contribution in [0.25, 0.3) is 17.2 Å². The first-order chi connectivity index (χ1) is 14.7. The average molecular weight is 405 g/mol. The van der Waals surface area contributed by atoms with Crippen LogP contribution in [0.2, 0.25) is 0 Å². The predicted molar refractivity (Wildman–Crippen MR) is 123 cm³/mol. The van der Waals surface area contributed by atoms with Crippen LogP contribution >= 0.6 is 0 Å². The Bertz CT molecular complexity index is 896. The molecule has 2 aromatic carbocycles. The van der Waals surface area contributed by atoms with E-state index in [1.165, 1.54) is 30.4 Å². The lowest BCUT2D eigenvalue weighted by Crippen LogP contribution is -2.29. The van der Waals surface area contributed by atoms with Gasteiger partial charge < -0.3 is 15.4 Å². The highest BCUT2D eigenvalue weighted by molar-refractivity contribution is 5.98. The Morgan fingerprint density at radius 3 is 2.67 bits per heavy atom. The Morgan fingerprint density at radius 2 is 1.87 bits per heavy atom. The molecule has 0 spiro atoms. The molecule has 0 atom stereocenters. The Balaban J connectivity index is 1.40. The highest BCUT2D eigenvalue weighted by Crippen LogP contribution is 2.31. The van der Waals surface area contributed by atoms with Gasteiger partial charge in [0.05, 0.1) is 6.61 Å². The van der Waals surface area contributed by atoms with E-state index >= 15 is 0 Å². The summed E-state index contributed by atoms with van der Waals surface area (Å²) >= 11 is 0. The maximum absolute atomic E-state index is 12.8. The first-order valence-corrected chi connectivity index (χ1v) is 11.2. The minimum atomic E-state index is 0.0394. The van der Waals surface area contributed by atoms with Crippen molar-refractivity contribution in [1.82, 2.24) is 10.6 Å². The van der Waals surface area contributed by atoms with Crippen molar-refractivity contribution in [2.24, 2.45) is 5.92 Å². The number of hydrogen-bond acceptors (Lipinski definition) is 3. The SMILES string of the molecule is Cc1ccc(-c2ccc3c(c2)C=C(C(=O)NCCCC2CCNCC2)CCO3)cc1. The number of hydrogen-bond donors (Lipinski definition) is 2. The molecule has 2 aliphatic heterocycles. The molecule has 30 heavy (non-hydrogen) atoms. The Hall–Kier alpha value is -2.59. The van der Waals surface area contributed by atoms with Crippen LogP contribution in [0.15, 0.2) is 48.0 Å². The third-order valence-electron chi connectivity index (χ3n) is 6.18. The van der Waals surface area contributed by atoms with Crippen molar-refractivity contribution in [2.45, 2.75) is 39.0 Å². The van der Waals surface area contributed by atoms with E-state index in [1.807, 2.05) is 12.1 Å². The van der Waals surface area contributed by atoms with Gasteiger partial charge >= 0.3 is 0 Å². The zero-order chi connectivity index (χ0) is 20.8. The van der Waals surface area contributed by atoms with Gasteiger partial charge in [-0.15, -0.1) is 0 Å². The van der Waals surface area contributed by atoms with Gasteiger partial charge in [0.1, 0.15) is 5.75 Å². The molecule has 1 amide bonds. The minimum absolute atomic E-state index is 0.0394. The largest absolute Gasteiger partial charge is 0.493 e. The van der Waals surface area contributed by atoms with E-state index in [0.29, 0.717) is 13.0 Å². The van der Waals surface area contributed by atoms with Crippen LogP contribution in [-0.2, 0) is 4.79 Å². The maximum atomic E-state index is 12.8. The number of rotatable bonds is 6. The summed E-state index contributed by atoms with van der Waals surface area (Å²) in [6, 6.07) is 14.7. The zero-order valence-electron chi connectivity index (χ0n) is 17.9. The second kappa shape index (κ2) is 9.94. The topological polar surface area (TPSA) is 50.4 Å². The van der Waals surface area contributed by atoms with Gasteiger partial charge in [-0.25, -0.2) is 0 Å². The molecule has 2 aliphatic rings. The summed E-state index contributed by atoms with van der Waals surface area (Å²) in [6.07, 6.45) is 7.41. The van der Waals surface area contributed by atoms with Crippen molar-refractivity contribution in [2.75, 3.05) is 26.2 Å². The van der Waals surface area contributed by atoms with Gasteiger partial charge in [0.2, 0.25) is 5.91 Å². The van der Waals surface area contributed by atoms with Crippen LogP contribution in [0, 0.1) is 12.8 Å². The second-order valence-electron chi connectivity index (χ2n) is 8.48. The molecule has 4 nitrogen and oxygen atoms in total. The molecule has 2 aromatic rings. The summed E-state index contributed by atoms with van der Waals surface area (Å²) in [4.78, 5) is 12.8. The van der Waals surface area contributed by atoms with Gasteiger partial charge in [-0.1, -0.05) is 35.9 Å². The van der Waals surface area contributed by atoms with E-state index in [1.54, 1.807) is 0 Å². The lowest BCUT2D eigenvalue weighted by molar-refractivity contribution is -0.117. The van der Waals surface area contributed by atoms with Crippen molar-refractivity contribution in [3.05, 3.63) is 59.2 Å². The van der Waals surface area contributed by atoms with Gasteiger partial charge in [-0.3, -0.25) is 4.79 Å². The fourth-order valence-corrected chi connectivity index (χ4v) is 4.30. The number of benzene rings is 2. The van der Waals surface area contributed by atoms with E-state index in [4.69, 9.17) is 4.74 Å². The van der Waals surface area contributed by atoms with Crippen molar-refractivity contribution >= 4 is 12.0 Å². The average Bonchev–Trinajstić information content (AvgIpc) is 3.00. The number of nitrogens with one attached hydrogen (secondary N) is 2. The van der Waals surface area contributed by atoms with E-state index < -0.39 is 0 Å². The number of amides is 1. The van der Waals surface area contributed by atoms with Crippen LogP contribution in [0.1, 0.15) is 43.2 Å². The molecule has 0 bridgehead atoms. The van der Waals surface area contributed by atoms with Crippen LogP contribution < -0.4 is 15.4 Å². The summed E-state index contributed by atoms with van der Waals surface area (Å²) in [5.41, 5.74) is 5.33. The van der Waals surface area contributed by atoms with Crippen molar-refractivity contribution in [3.63, 3.8) is 0 Å². The minimum Gasteiger partial charge on any atom is -0.493 e. The van der Waals surface area contributed by atoms with Crippen molar-refractivity contribution in [3.8, 4) is 16.9 Å². The van der Waals surface area contributed by atoms with Crippen molar-refractivity contribution < 1.29 is 9.53 Å². The molecule has 4 heteroatoms. The van der Waals surface area contributed by atoms with Crippen LogP contribution in [-0.4, -0.2) is 32.1 Å². The molecule has 2 N–H and O–H groups in total. The molecule has 1 fully saturated rings. The Labute approximate surface area is 179 Å². The quantitative estimate of drug-likeness (QED) is 0.685. The normalized spacial score (nSPS) is 16.8. The smallest absolute Gasteiger partial charge is 0.247 e. The number of fused-ring (bicyclic) bond motifs is 1. The fraction of sp³-hybridized carbons (Fsp3) is 0.423. The molecule has 0 aromatic heterocycles. The predicted octanol–water partition coefficient (Wildman–Crippen LogP) is 4.72. The summed E-state index contributed by atoms with van der Waals surface area (Å²) < 4.78 is 5.91. The Kier molecular flexibility index (Phi) is 6.85. The van der Waals surface area contributed by atoms with Crippen LogP contribution in [0.5, 0.6) is 5.75 Å². The molecular formula is C26H32N2O2. The number of ether oxygens (including phenoxy) is 1. The molecule has 0 saturated carbocycles. The molecule has 0 radical (unpaired) electrons. The summed E-state index contributed by atoms with van der Waals surface area (Å²) in [6.45, 7) is 5.64. The van der Waals surface area contributed by atoms with Crippen molar-refractivity contribution in [1.29, 1.82) is 0 Å². The van der Waals surface area contributed by atoms with Gasteiger partial charge in [-0.05, 0) is 81.0 Å². The summed E-state index contributed by atoms with van der Waals surface area (Å²) in [7, 11) is 0. The number of carbonyl (C=O) groups excluding carboxylic acids is 1. The summed E-state index contributed by atoms with van der Waals surface area (Å²) in [5.74, 6) is 1.69. The van der Waals surface area contributed by atoms with Gasteiger partial charge in [-0.2, -0.15) is 0 Å². The maximum Gasteiger partial charge on any atom is 0.247 e. The molecule has 4 rings (SSSR count). The molecule has 0 aliphatic carbocycles. The number of aryl methyl sites for hydroxylation is 1. The van der Waals surface area contributed by atoms with Crippen LogP contribution in [0.4, 0.5) is 0 Å². The zero-order valence-corrected chi connectivity index (χ0v) is 17.9.